The molecular formula is C42H29N3. The van der Waals surface area contributed by atoms with E-state index in [1.807, 2.05) is 24.3 Å². The van der Waals surface area contributed by atoms with Crippen molar-refractivity contribution in [1.82, 2.24) is 4.57 Å². The third-order valence-electron chi connectivity index (χ3n) is 9.61. The van der Waals surface area contributed by atoms with Gasteiger partial charge in [-0.25, -0.2) is 0 Å². The molecule has 6 aromatic carbocycles. The van der Waals surface area contributed by atoms with Crippen molar-refractivity contribution < 1.29 is 0 Å². The van der Waals surface area contributed by atoms with Gasteiger partial charge in [-0.1, -0.05) is 105 Å². The first kappa shape index (κ1) is 26.7. The number of nitriles is 2. The molecule has 0 amide bonds. The van der Waals surface area contributed by atoms with Crippen molar-refractivity contribution in [2.24, 2.45) is 0 Å². The average molecular weight is 576 g/mol. The highest BCUT2D eigenvalue weighted by Gasteiger charge is 2.39. The molecule has 0 spiro atoms. The second-order valence-electron chi connectivity index (χ2n) is 12.4. The van der Waals surface area contributed by atoms with E-state index in [2.05, 4.69) is 140 Å². The van der Waals surface area contributed by atoms with Gasteiger partial charge in [-0.3, -0.25) is 0 Å². The third-order valence-corrected chi connectivity index (χ3v) is 9.61. The van der Waals surface area contributed by atoms with Crippen molar-refractivity contribution in [1.29, 1.82) is 10.5 Å². The van der Waals surface area contributed by atoms with E-state index >= 15 is 0 Å². The van der Waals surface area contributed by atoms with Crippen LogP contribution in [0.2, 0.25) is 0 Å². The largest absolute Gasteiger partial charge is 0.309 e. The first-order valence-electron chi connectivity index (χ1n) is 15.3. The van der Waals surface area contributed by atoms with Crippen LogP contribution in [-0.2, 0) is 5.41 Å². The maximum atomic E-state index is 10.7. The third kappa shape index (κ3) is 3.95. The lowest BCUT2D eigenvalue weighted by Crippen LogP contribution is -2.30. The Balaban J connectivity index is 1.46. The Morgan fingerprint density at radius 2 is 1.22 bits per heavy atom. The van der Waals surface area contributed by atoms with E-state index in [4.69, 9.17) is 0 Å². The zero-order valence-corrected chi connectivity index (χ0v) is 25.1. The Morgan fingerprint density at radius 3 is 1.91 bits per heavy atom. The molecule has 7 aromatic rings. The van der Waals surface area contributed by atoms with Crippen molar-refractivity contribution in [2.75, 3.05) is 0 Å². The quantitative estimate of drug-likeness (QED) is 0.210. The van der Waals surface area contributed by atoms with Crippen LogP contribution in [0.4, 0.5) is 0 Å². The summed E-state index contributed by atoms with van der Waals surface area (Å²) in [5.74, 6) is 0.00817. The number of hydrogen-bond donors (Lipinski definition) is 0. The molecule has 45 heavy (non-hydrogen) atoms. The molecule has 1 heterocycles. The fraction of sp³-hybridized carbons (Fsp3) is 0.0952. The standard InChI is InChI=1S/C42H29N3/c1-42(2)36-17-9-6-16-32(36)41(28-12-4-3-5-13-28)35-23-29(26-44)33(24-37(35)42)34-22-27(25-43)20-21-40(34)45-38-18-10-7-14-30(38)31-15-8-11-19-39(31)45/h3-24,41H,1-2H3. The summed E-state index contributed by atoms with van der Waals surface area (Å²) in [6, 6.07) is 51.2. The summed E-state index contributed by atoms with van der Waals surface area (Å²) in [6.45, 7) is 4.56. The molecular weight excluding hydrogens is 546 g/mol. The Labute approximate surface area is 262 Å². The molecule has 212 valence electrons. The van der Waals surface area contributed by atoms with Crippen LogP contribution < -0.4 is 0 Å². The predicted octanol–water partition coefficient (Wildman–Crippen LogP) is 10.0. The number of aromatic nitrogens is 1. The lowest BCUT2D eigenvalue weighted by molar-refractivity contribution is 0.597. The van der Waals surface area contributed by atoms with Crippen molar-refractivity contribution >= 4 is 21.8 Å². The highest BCUT2D eigenvalue weighted by atomic mass is 15.0. The zero-order valence-electron chi connectivity index (χ0n) is 25.1. The summed E-state index contributed by atoms with van der Waals surface area (Å²) >= 11 is 0. The van der Waals surface area contributed by atoms with E-state index in [1.165, 1.54) is 22.3 Å². The molecule has 1 aliphatic rings. The number of para-hydroxylation sites is 2. The van der Waals surface area contributed by atoms with Gasteiger partial charge in [0.05, 0.1) is 40.0 Å². The molecule has 1 unspecified atom stereocenters. The SMILES string of the molecule is CC1(C)c2ccccc2C(c2ccccc2)c2cc(C#N)c(-c3cc(C#N)ccc3-n3c4ccccc4c4ccccc43)cc21. The number of rotatable bonds is 3. The topological polar surface area (TPSA) is 52.5 Å². The van der Waals surface area contributed by atoms with Crippen LogP contribution in [0.25, 0.3) is 38.6 Å². The van der Waals surface area contributed by atoms with E-state index in [-0.39, 0.29) is 11.3 Å². The minimum Gasteiger partial charge on any atom is -0.309 e. The maximum absolute atomic E-state index is 10.7. The fourth-order valence-electron chi connectivity index (χ4n) is 7.55. The van der Waals surface area contributed by atoms with Gasteiger partial charge in [0.2, 0.25) is 0 Å². The van der Waals surface area contributed by atoms with Gasteiger partial charge in [0.1, 0.15) is 0 Å². The van der Waals surface area contributed by atoms with Gasteiger partial charge in [0.25, 0.3) is 0 Å². The second-order valence-corrected chi connectivity index (χ2v) is 12.4. The minimum atomic E-state index is -0.306. The van der Waals surface area contributed by atoms with Crippen molar-refractivity contribution in [3.63, 3.8) is 0 Å². The van der Waals surface area contributed by atoms with Crippen molar-refractivity contribution in [3.8, 4) is 29.0 Å². The smallest absolute Gasteiger partial charge is 0.0998 e. The number of nitrogens with zero attached hydrogens (tertiary/aromatic N) is 3. The summed E-state index contributed by atoms with van der Waals surface area (Å²) in [7, 11) is 0. The molecule has 0 radical (unpaired) electrons. The Bertz CT molecular complexity index is 2330. The maximum Gasteiger partial charge on any atom is 0.0998 e. The van der Waals surface area contributed by atoms with Crippen molar-refractivity contribution in [2.45, 2.75) is 25.2 Å². The van der Waals surface area contributed by atoms with Crippen LogP contribution in [0.3, 0.4) is 0 Å². The highest BCUT2D eigenvalue weighted by Crippen LogP contribution is 2.51. The van der Waals surface area contributed by atoms with E-state index < -0.39 is 0 Å². The van der Waals surface area contributed by atoms with E-state index in [9.17, 15) is 10.5 Å². The lowest BCUT2D eigenvalue weighted by atomic mass is 9.63. The van der Waals surface area contributed by atoms with Crippen LogP contribution in [0, 0.1) is 22.7 Å². The van der Waals surface area contributed by atoms with Crippen LogP contribution in [0.1, 0.15) is 58.7 Å². The molecule has 1 aliphatic carbocycles. The summed E-state index contributed by atoms with van der Waals surface area (Å²) < 4.78 is 2.27. The first-order valence-corrected chi connectivity index (χ1v) is 15.3. The molecule has 1 aromatic heterocycles. The monoisotopic (exact) mass is 575 g/mol. The van der Waals surface area contributed by atoms with E-state index in [0.717, 1.165) is 44.2 Å². The van der Waals surface area contributed by atoms with E-state index in [0.29, 0.717) is 11.1 Å². The van der Waals surface area contributed by atoms with Gasteiger partial charge >= 0.3 is 0 Å². The number of hydrogen-bond acceptors (Lipinski definition) is 2. The molecule has 0 bridgehead atoms. The van der Waals surface area contributed by atoms with Gasteiger partial charge in [0, 0.05) is 33.2 Å². The molecule has 3 nitrogen and oxygen atoms in total. The Morgan fingerprint density at radius 1 is 0.578 bits per heavy atom. The normalized spacial score (nSPS) is 14.8. The summed E-state index contributed by atoms with van der Waals surface area (Å²) in [6.07, 6.45) is 0. The zero-order chi connectivity index (χ0) is 30.7. The summed E-state index contributed by atoms with van der Waals surface area (Å²) in [4.78, 5) is 0. The lowest BCUT2D eigenvalue weighted by Gasteiger charge is -2.40. The highest BCUT2D eigenvalue weighted by molar-refractivity contribution is 6.09. The second kappa shape index (κ2) is 10.1. The summed E-state index contributed by atoms with van der Waals surface area (Å²) in [5.41, 5.74) is 11.8. The van der Waals surface area contributed by atoms with Crippen LogP contribution in [0.5, 0.6) is 0 Å². The Kier molecular flexibility index (Phi) is 5.99. The van der Waals surface area contributed by atoms with Crippen LogP contribution >= 0.6 is 0 Å². The molecule has 1 atom stereocenters. The van der Waals surface area contributed by atoms with Gasteiger partial charge in [-0.15, -0.1) is 0 Å². The average Bonchev–Trinajstić information content (AvgIpc) is 3.42. The molecule has 3 heteroatoms. The molecule has 0 saturated carbocycles. The summed E-state index contributed by atoms with van der Waals surface area (Å²) in [5, 5.41) is 23.1. The van der Waals surface area contributed by atoms with Gasteiger partial charge in [-0.2, -0.15) is 10.5 Å². The Hall–Kier alpha value is -5.90. The van der Waals surface area contributed by atoms with Gasteiger partial charge in [-0.05, 0) is 70.3 Å². The minimum absolute atomic E-state index is 0.00817. The number of benzene rings is 6. The van der Waals surface area contributed by atoms with Gasteiger partial charge < -0.3 is 4.57 Å². The number of fused-ring (bicyclic) bond motifs is 5. The van der Waals surface area contributed by atoms with Crippen LogP contribution in [-0.4, -0.2) is 4.57 Å². The fourth-order valence-corrected chi connectivity index (χ4v) is 7.55. The molecule has 8 rings (SSSR count). The molecule has 0 N–H and O–H groups in total. The molecule has 0 fully saturated rings. The molecule has 0 saturated heterocycles. The predicted molar refractivity (Wildman–Crippen MR) is 182 cm³/mol. The van der Waals surface area contributed by atoms with Gasteiger partial charge in [0.15, 0.2) is 0 Å². The van der Waals surface area contributed by atoms with E-state index in [1.54, 1.807) is 0 Å². The first-order chi connectivity index (χ1) is 22.0. The molecule has 0 aliphatic heterocycles. The van der Waals surface area contributed by atoms with Crippen molar-refractivity contribution in [3.05, 3.63) is 172 Å². The van der Waals surface area contributed by atoms with Crippen LogP contribution in [0.15, 0.2) is 133 Å².